The zero-order valence-electron chi connectivity index (χ0n) is 14.1. The van der Waals surface area contributed by atoms with Gasteiger partial charge in [0.05, 0.1) is 12.3 Å². The van der Waals surface area contributed by atoms with E-state index in [4.69, 9.17) is 0 Å². The predicted molar refractivity (Wildman–Crippen MR) is 102 cm³/mol. The van der Waals surface area contributed by atoms with Crippen molar-refractivity contribution in [3.05, 3.63) is 42.7 Å². The number of hydrogen-bond acceptors (Lipinski definition) is 7. The van der Waals surface area contributed by atoms with Crippen LogP contribution in [0.3, 0.4) is 0 Å². The lowest BCUT2D eigenvalue weighted by molar-refractivity contribution is -0.131. The highest BCUT2D eigenvalue weighted by Gasteiger charge is 2.15. The molecule has 26 heavy (non-hydrogen) atoms. The van der Waals surface area contributed by atoms with Gasteiger partial charge >= 0.3 is 0 Å². The second kappa shape index (κ2) is 9.88. The van der Waals surface area contributed by atoms with Crippen molar-refractivity contribution in [2.24, 2.45) is 0 Å². The molecule has 138 valence electrons. The molecule has 2 rings (SSSR count). The molecule has 1 aromatic heterocycles. The summed E-state index contributed by atoms with van der Waals surface area (Å²) in [5.74, 6) is -0.799. The smallest absolute Gasteiger partial charge is 0.243 e. The Bertz CT molecular complexity index is 766. The van der Waals surface area contributed by atoms with Crippen LogP contribution in [0.2, 0.25) is 0 Å². The maximum absolute atomic E-state index is 12.8. The molecule has 2 aromatic rings. The molecule has 0 bridgehead atoms. The summed E-state index contributed by atoms with van der Waals surface area (Å²) in [6, 6.07) is 5.42. The first kappa shape index (κ1) is 19.9. The van der Waals surface area contributed by atoms with Gasteiger partial charge in [-0.1, -0.05) is 29.2 Å². The zero-order valence-corrected chi connectivity index (χ0v) is 15.7. The Morgan fingerprint density at radius 1 is 1.35 bits per heavy atom. The van der Waals surface area contributed by atoms with Crippen LogP contribution < -0.4 is 10.6 Å². The van der Waals surface area contributed by atoms with Crippen LogP contribution in [0.5, 0.6) is 0 Å². The van der Waals surface area contributed by atoms with Gasteiger partial charge in [0.15, 0.2) is 4.34 Å². The highest BCUT2D eigenvalue weighted by molar-refractivity contribution is 8.01. The van der Waals surface area contributed by atoms with Gasteiger partial charge in [0.2, 0.25) is 16.9 Å². The van der Waals surface area contributed by atoms with E-state index in [9.17, 15) is 14.0 Å². The van der Waals surface area contributed by atoms with Crippen molar-refractivity contribution < 1.29 is 14.0 Å². The summed E-state index contributed by atoms with van der Waals surface area (Å²) in [4.78, 5) is 25.4. The number of aromatic nitrogens is 2. The molecule has 2 amide bonds. The van der Waals surface area contributed by atoms with Crippen molar-refractivity contribution in [1.82, 2.24) is 15.1 Å². The zero-order chi connectivity index (χ0) is 18.9. The summed E-state index contributed by atoms with van der Waals surface area (Å²) >= 11 is 2.60. The van der Waals surface area contributed by atoms with E-state index in [1.165, 1.54) is 52.3 Å². The molecule has 0 unspecified atom stereocenters. The fourth-order valence-electron chi connectivity index (χ4n) is 1.77. The van der Waals surface area contributed by atoms with E-state index in [0.717, 1.165) is 0 Å². The Hall–Kier alpha value is -2.46. The van der Waals surface area contributed by atoms with Gasteiger partial charge in [0, 0.05) is 19.3 Å². The van der Waals surface area contributed by atoms with Gasteiger partial charge in [0.25, 0.3) is 0 Å². The topological polar surface area (TPSA) is 87.2 Å². The molecular weight excluding hydrogens is 377 g/mol. The average molecular weight is 395 g/mol. The summed E-state index contributed by atoms with van der Waals surface area (Å²) < 4.78 is 13.5. The minimum absolute atomic E-state index is 0.0982. The first-order valence-electron chi connectivity index (χ1n) is 7.58. The molecule has 0 spiro atoms. The summed E-state index contributed by atoms with van der Waals surface area (Å²) in [7, 11) is 1.55. The number of likely N-dealkylation sites (N-methyl/N-ethyl adjacent to an activating group) is 1. The van der Waals surface area contributed by atoms with Gasteiger partial charge in [0.1, 0.15) is 5.82 Å². The Morgan fingerprint density at radius 2 is 2.08 bits per heavy atom. The number of nitrogens with one attached hydrogen (secondary N) is 2. The molecule has 0 atom stereocenters. The number of carbonyl (C=O) groups is 2. The number of amides is 2. The van der Waals surface area contributed by atoms with E-state index < -0.39 is 0 Å². The normalized spacial score (nSPS) is 10.2. The average Bonchev–Trinajstić information content (AvgIpc) is 3.07. The third-order valence-corrected chi connectivity index (χ3v) is 5.06. The Labute approximate surface area is 158 Å². The molecule has 0 radical (unpaired) electrons. The van der Waals surface area contributed by atoms with Crippen LogP contribution in [0.4, 0.5) is 15.2 Å². The molecule has 0 saturated carbocycles. The van der Waals surface area contributed by atoms with Gasteiger partial charge in [-0.25, -0.2) is 4.39 Å². The van der Waals surface area contributed by atoms with Gasteiger partial charge in [-0.3, -0.25) is 9.59 Å². The molecule has 0 saturated heterocycles. The largest absolute Gasteiger partial charge is 0.357 e. The number of hydrogen-bond donors (Lipinski definition) is 2. The fourth-order valence-corrected chi connectivity index (χ4v) is 3.47. The Balaban J connectivity index is 1.76. The van der Waals surface area contributed by atoms with Crippen LogP contribution in [0.25, 0.3) is 0 Å². The lowest BCUT2D eigenvalue weighted by Gasteiger charge is -2.16. The van der Waals surface area contributed by atoms with Crippen molar-refractivity contribution in [3.8, 4) is 0 Å². The maximum atomic E-state index is 12.8. The standard InChI is InChI=1S/C16H18FN5O2S2/c1-3-8-18-15-20-21-16(26-15)25-10-14(24)22(2)9-13(23)19-12-6-4-11(17)5-7-12/h3-7H,1,8-10H2,2H3,(H,18,20)(H,19,23). The Morgan fingerprint density at radius 3 is 2.77 bits per heavy atom. The van der Waals surface area contributed by atoms with Gasteiger partial charge in [-0.15, -0.1) is 16.8 Å². The van der Waals surface area contributed by atoms with Crippen LogP contribution in [-0.4, -0.2) is 52.8 Å². The van der Waals surface area contributed by atoms with Crippen molar-refractivity contribution in [1.29, 1.82) is 0 Å². The summed E-state index contributed by atoms with van der Waals surface area (Å²) in [6.45, 7) is 4.09. The van der Waals surface area contributed by atoms with Gasteiger partial charge in [-0.2, -0.15) is 0 Å². The van der Waals surface area contributed by atoms with Crippen molar-refractivity contribution in [2.75, 3.05) is 36.5 Å². The van der Waals surface area contributed by atoms with E-state index >= 15 is 0 Å². The maximum Gasteiger partial charge on any atom is 0.243 e. The lowest BCUT2D eigenvalue weighted by Crippen LogP contribution is -2.35. The van der Waals surface area contributed by atoms with E-state index in [2.05, 4.69) is 27.4 Å². The van der Waals surface area contributed by atoms with Crippen molar-refractivity contribution in [3.63, 3.8) is 0 Å². The summed E-state index contributed by atoms with van der Waals surface area (Å²) in [5.41, 5.74) is 0.472. The van der Waals surface area contributed by atoms with Crippen LogP contribution in [0, 0.1) is 5.82 Å². The highest BCUT2D eigenvalue weighted by atomic mass is 32.2. The number of benzene rings is 1. The summed E-state index contributed by atoms with van der Waals surface area (Å²) in [5, 5.41) is 14.2. The minimum atomic E-state index is -0.383. The number of rotatable bonds is 9. The minimum Gasteiger partial charge on any atom is -0.357 e. The molecule has 0 aliphatic rings. The van der Waals surface area contributed by atoms with Crippen molar-refractivity contribution in [2.45, 2.75) is 4.34 Å². The van der Waals surface area contributed by atoms with E-state index in [1.54, 1.807) is 13.1 Å². The van der Waals surface area contributed by atoms with Crippen LogP contribution in [0.15, 0.2) is 41.3 Å². The third-order valence-electron chi connectivity index (χ3n) is 3.06. The van der Waals surface area contributed by atoms with Gasteiger partial charge < -0.3 is 15.5 Å². The first-order chi connectivity index (χ1) is 12.5. The molecule has 1 aromatic carbocycles. The summed E-state index contributed by atoms with van der Waals surface area (Å²) in [6.07, 6.45) is 1.71. The molecule has 2 N–H and O–H groups in total. The predicted octanol–water partition coefficient (Wildman–Crippen LogP) is 2.46. The molecule has 0 fully saturated rings. The van der Waals surface area contributed by atoms with Crippen LogP contribution in [0.1, 0.15) is 0 Å². The number of carbonyl (C=O) groups excluding carboxylic acids is 2. The molecule has 0 aliphatic carbocycles. The monoisotopic (exact) mass is 395 g/mol. The van der Waals surface area contributed by atoms with Crippen molar-refractivity contribution >= 4 is 45.7 Å². The first-order valence-corrected chi connectivity index (χ1v) is 9.38. The van der Waals surface area contributed by atoms with E-state index in [1.807, 2.05) is 0 Å². The second-order valence-corrected chi connectivity index (χ2v) is 7.34. The fraction of sp³-hybridized carbons (Fsp3) is 0.250. The quantitative estimate of drug-likeness (QED) is 0.501. The molecule has 1 heterocycles. The highest BCUT2D eigenvalue weighted by Crippen LogP contribution is 2.25. The number of nitrogens with zero attached hydrogens (tertiary/aromatic N) is 3. The Kier molecular flexibility index (Phi) is 7.54. The van der Waals surface area contributed by atoms with Crippen LogP contribution in [-0.2, 0) is 9.59 Å². The molecular formula is C16H18FN5O2S2. The third kappa shape index (κ3) is 6.45. The number of thioether (sulfide) groups is 1. The SMILES string of the molecule is C=CCNc1nnc(SCC(=O)N(C)CC(=O)Nc2ccc(F)cc2)s1. The van der Waals surface area contributed by atoms with E-state index in [0.29, 0.717) is 21.7 Å². The van der Waals surface area contributed by atoms with E-state index in [-0.39, 0.29) is 29.9 Å². The molecule has 7 nitrogen and oxygen atoms in total. The van der Waals surface area contributed by atoms with Crippen LogP contribution >= 0.6 is 23.1 Å². The van der Waals surface area contributed by atoms with Gasteiger partial charge in [-0.05, 0) is 24.3 Å². The number of halogens is 1. The second-order valence-electron chi connectivity index (χ2n) is 5.14. The molecule has 10 heteroatoms. The molecule has 0 aliphatic heterocycles. The lowest BCUT2D eigenvalue weighted by atomic mass is 10.3. The number of anilines is 2.